The Kier molecular flexibility index (Phi) is 2.87. The second-order valence-electron chi connectivity index (χ2n) is 3.23. The molecule has 0 spiro atoms. The van der Waals surface area contributed by atoms with Crippen LogP contribution in [0.5, 0.6) is 5.75 Å². The maximum absolute atomic E-state index is 5.17. The van der Waals surface area contributed by atoms with Crippen LogP contribution in [0.3, 0.4) is 0 Å². The zero-order valence-corrected chi connectivity index (χ0v) is 9.17. The SMILES string of the molecule is COc1cccc([C@H]2C=CNC(=S)N2)c1. The van der Waals surface area contributed by atoms with E-state index >= 15 is 0 Å². The molecular weight excluding hydrogens is 208 g/mol. The van der Waals surface area contributed by atoms with Gasteiger partial charge in [-0.25, -0.2) is 0 Å². The molecule has 0 radical (unpaired) electrons. The molecule has 1 aromatic carbocycles. The minimum atomic E-state index is 0.119. The average Bonchev–Trinajstić information content (AvgIpc) is 2.29. The molecule has 0 amide bonds. The fraction of sp³-hybridized carbons (Fsp3) is 0.182. The van der Waals surface area contributed by atoms with E-state index in [9.17, 15) is 0 Å². The highest BCUT2D eigenvalue weighted by atomic mass is 32.1. The molecule has 0 saturated heterocycles. The van der Waals surface area contributed by atoms with Gasteiger partial charge in [0.15, 0.2) is 5.11 Å². The van der Waals surface area contributed by atoms with E-state index in [1.807, 2.05) is 36.5 Å². The number of hydrogen-bond acceptors (Lipinski definition) is 2. The molecule has 0 fully saturated rings. The monoisotopic (exact) mass is 220 g/mol. The number of methoxy groups -OCH3 is 1. The zero-order chi connectivity index (χ0) is 10.7. The lowest BCUT2D eigenvalue weighted by Crippen LogP contribution is -2.37. The summed E-state index contributed by atoms with van der Waals surface area (Å²) in [5.74, 6) is 0.854. The third-order valence-corrected chi connectivity index (χ3v) is 2.48. The second-order valence-corrected chi connectivity index (χ2v) is 3.64. The molecule has 0 unspecified atom stereocenters. The Morgan fingerprint density at radius 1 is 1.40 bits per heavy atom. The van der Waals surface area contributed by atoms with Gasteiger partial charge in [0.1, 0.15) is 5.75 Å². The first-order valence-corrected chi connectivity index (χ1v) is 5.08. The van der Waals surface area contributed by atoms with Crippen molar-refractivity contribution in [2.75, 3.05) is 7.11 Å². The maximum Gasteiger partial charge on any atom is 0.171 e. The van der Waals surface area contributed by atoms with Gasteiger partial charge in [0.2, 0.25) is 0 Å². The molecule has 0 aliphatic carbocycles. The molecule has 0 saturated carbocycles. The molecule has 15 heavy (non-hydrogen) atoms. The average molecular weight is 220 g/mol. The van der Waals surface area contributed by atoms with Gasteiger partial charge < -0.3 is 15.4 Å². The van der Waals surface area contributed by atoms with Gasteiger partial charge in [0, 0.05) is 6.20 Å². The summed E-state index contributed by atoms with van der Waals surface area (Å²) in [6, 6.07) is 8.05. The lowest BCUT2D eigenvalue weighted by Gasteiger charge is -2.21. The van der Waals surface area contributed by atoms with Gasteiger partial charge in [-0.2, -0.15) is 0 Å². The lowest BCUT2D eigenvalue weighted by molar-refractivity contribution is 0.414. The summed E-state index contributed by atoms with van der Waals surface area (Å²) in [4.78, 5) is 0. The molecule has 1 aromatic rings. The molecule has 1 heterocycles. The Balaban J connectivity index is 2.24. The first kappa shape index (κ1) is 9.98. The van der Waals surface area contributed by atoms with Crippen molar-refractivity contribution < 1.29 is 4.74 Å². The van der Waals surface area contributed by atoms with Crippen LogP contribution < -0.4 is 15.4 Å². The molecule has 1 aliphatic heterocycles. The first-order valence-electron chi connectivity index (χ1n) is 4.67. The summed E-state index contributed by atoms with van der Waals surface area (Å²) in [6.07, 6.45) is 3.87. The molecule has 78 valence electrons. The standard InChI is InChI=1S/C11H12N2OS/c1-14-9-4-2-3-8(7-9)10-5-6-12-11(15)13-10/h2-7,10H,1H3,(H2,12,13,15)/t10-/m1/s1. The highest BCUT2D eigenvalue weighted by Gasteiger charge is 2.12. The van der Waals surface area contributed by atoms with E-state index in [1.54, 1.807) is 7.11 Å². The van der Waals surface area contributed by atoms with Crippen LogP contribution in [0, 0.1) is 0 Å². The highest BCUT2D eigenvalue weighted by molar-refractivity contribution is 7.80. The van der Waals surface area contributed by atoms with Crippen LogP contribution in [0.1, 0.15) is 11.6 Å². The quantitative estimate of drug-likeness (QED) is 0.744. The number of benzene rings is 1. The van der Waals surface area contributed by atoms with Crippen LogP contribution in [-0.2, 0) is 0 Å². The molecule has 1 aliphatic rings. The lowest BCUT2D eigenvalue weighted by atomic mass is 10.1. The number of rotatable bonds is 2. The number of hydrogen-bond donors (Lipinski definition) is 2. The predicted octanol–water partition coefficient (Wildman–Crippen LogP) is 1.73. The Labute approximate surface area is 94.1 Å². The molecule has 4 heteroatoms. The van der Waals surface area contributed by atoms with Crippen LogP contribution in [0.2, 0.25) is 0 Å². The highest BCUT2D eigenvalue weighted by Crippen LogP contribution is 2.20. The van der Waals surface area contributed by atoms with E-state index in [4.69, 9.17) is 17.0 Å². The summed E-state index contributed by atoms with van der Waals surface area (Å²) in [5, 5.41) is 6.72. The van der Waals surface area contributed by atoms with Crippen molar-refractivity contribution in [2.45, 2.75) is 6.04 Å². The topological polar surface area (TPSA) is 33.3 Å². The molecule has 0 bridgehead atoms. The summed E-state index contributed by atoms with van der Waals surface area (Å²) < 4.78 is 5.17. The third kappa shape index (κ3) is 2.27. The fourth-order valence-electron chi connectivity index (χ4n) is 1.48. The Bertz CT molecular complexity index is 403. The van der Waals surface area contributed by atoms with Crippen LogP contribution in [0.15, 0.2) is 36.5 Å². The largest absolute Gasteiger partial charge is 0.497 e. The summed E-state index contributed by atoms with van der Waals surface area (Å²) >= 11 is 5.04. The number of ether oxygens (including phenoxy) is 1. The Hall–Kier alpha value is -1.55. The number of nitrogens with one attached hydrogen (secondary N) is 2. The molecule has 2 N–H and O–H groups in total. The van der Waals surface area contributed by atoms with Gasteiger partial charge in [-0.3, -0.25) is 0 Å². The van der Waals surface area contributed by atoms with Crippen LogP contribution >= 0.6 is 12.2 Å². The minimum Gasteiger partial charge on any atom is -0.497 e. The van der Waals surface area contributed by atoms with Gasteiger partial charge in [-0.15, -0.1) is 0 Å². The number of thiocarbonyl (C=S) groups is 1. The van der Waals surface area contributed by atoms with E-state index in [0.29, 0.717) is 5.11 Å². The third-order valence-electron chi connectivity index (χ3n) is 2.24. The first-order chi connectivity index (χ1) is 7.29. The Morgan fingerprint density at radius 2 is 2.27 bits per heavy atom. The summed E-state index contributed by atoms with van der Waals surface area (Å²) in [7, 11) is 1.66. The molecule has 1 atom stereocenters. The summed E-state index contributed by atoms with van der Waals surface area (Å²) in [5.41, 5.74) is 1.13. The Morgan fingerprint density at radius 3 is 3.00 bits per heavy atom. The van der Waals surface area contributed by atoms with Gasteiger partial charge in [0.25, 0.3) is 0 Å². The second kappa shape index (κ2) is 4.31. The van der Waals surface area contributed by atoms with Gasteiger partial charge >= 0.3 is 0 Å². The molecular formula is C11H12N2OS. The van der Waals surface area contributed by atoms with E-state index in [2.05, 4.69) is 10.6 Å². The molecule has 0 aromatic heterocycles. The smallest absolute Gasteiger partial charge is 0.171 e. The predicted molar refractivity (Wildman–Crippen MR) is 63.7 cm³/mol. The van der Waals surface area contributed by atoms with Gasteiger partial charge in [0.05, 0.1) is 13.2 Å². The fourth-order valence-corrected chi connectivity index (χ4v) is 1.68. The van der Waals surface area contributed by atoms with Crippen molar-refractivity contribution in [3.63, 3.8) is 0 Å². The van der Waals surface area contributed by atoms with Crippen LogP contribution in [-0.4, -0.2) is 12.2 Å². The van der Waals surface area contributed by atoms with Crippen molar-refractivity contribution in [1.29, 1.82) is 0 Å². The van der Waals surface area contributed by atoms with Gasteiger partial charge in [-0.05, 0) is 36.0 Å². The van der Waals surface area contributed by atoms with E-state index in [-0.39, 0.29) is 6.04 Å². The maximum atomic E-state index is 5.17. The zero-order valence-electron chi connectivity index (χ0n) is 8.36. The normalized spacial score (nSPS) is 19.3. The van der Waals surface area contributed by atoms with E-state index in [1.165, 1.54) is 0 Å². The summed E-state index contributed by atoms with van der Waals surface area (Å²) in [6.45, 7) is 0. The van der Waals surface area contributed by atoms with Crippen LogP contribution in [0.4, 0.5) is 0 Å². The van der Waals surface area contributed by atoms with Crippen molar-refractivity contribution in [2.24, 2.45) is 0 Å². The van der Waals surface area contributed by atoms with Crippen molar-refractivity contribution in [3.8, 4) is 5.75 Å². The minimum absolute atomic E-state index is 0.119. The van der Waals surface area contributed by atoms with E-state index < -0.39 is 0 Å². The molecule has 2 rings (SSSR count). The van der Waals surface area contributed by atoms with Crippen LogP contribution in [0.25, 0.3) is 0 Å². The molecule has 3 nitrogen and oxygen atoms in total. The van der Waals surface area contributed by atoms with E-state index in [0.717, 1.165) is 11.3 Å². The van der Waals surface area contributed by atoms with Crippen molar-refractivity contribution in [3.05, 3.63) is 42.1 Å². The van der Waals surface area contributed by atoms with Crippen molar-refractivity contribution >= 4 is 17.3 Å². The van der Waals surface area contributed by atoms with Crippen molar-refractivity contribution in [1.82, 2.24) is 10.6 Å². The van der Waals surface area contributed by atoms with Gasteiger partial charge in [-0.1, -0.05) is 12.1 Å².